The zero-order valence-electron chi connectivity index (χ0n) is 16.9. The van der Waals surface area contributed by atoms with E-state index in [1.54, 1.807) is 30.3 Å². The first-order chi connectivity index (χ1) is 13.8. The second-order valence-corrected chi connectivity index (χ2v) is 7.08. The average Bonchev–Trinajstić information content (AvgIpc) is 2.69. The van der Waals surface area contributed by atoms with E-state index in [1.165, 1.54) is 20.3 Å². The van der Waals surface area contributed by atoms with Gasteiger partial charge in [0.2, 0.25) is 0 Å². The standard InChI is InChI=1S/C21H25ClN2O5/c1-13(2)9-10-29-19-17(22)11-14(12-18(19)27-3)20(25)23-15-5-7-16(8-6-15)24-21(26)28-4/h5-8,11-13H,9-10H2,1-4H3,(H,23,25)(H,24,26). The van der Waals surface area contributed by atoms with Gasteiger partial charge in [0.15, 0.2) is 11.5 Å². The number of rotatable bonds is 8. The van der Waals surface area contributed by atoms with Crippen LogP contribution in [0.5, 0.6) is 11.5 Å². The number of benzene rings is 2. The Balaban J connectivity index is 2.10. The van der Waals surface area contributed by atoms with Crippen LogP contribution in [0.4, 0.5) is 16.2 Å². The maximum atomic E-state index is 12.6. The molecule has 8 heteroatoms. The quantitative estimate of drug-likeness (QED) is 0.612. The van der Waals surface area contributed by atoms with E-state index >= 15 is 0 Å². The number of hydrogen-bond donors (Lipinski definition) is 2. The first-order valence-corrected chi connectivity index (χ1v) is 9.48. The fourth-order valence-electron chi connectivity index (χ4n) is 2.40. The summed E-state index contributed by atoms with van der Waals surface area (Å²) in [5.74, 6) is 0.959. The van der Waals surface area contributed by atoms with E-state index in [0.717, 1.165) is 6.42 Å². The number of carbonyl (C=O) groups is 2. The van der Waals surface area contributed by atoms with E-state index in [-0.39, 0.29) is 5.91 Å². The van der Waals surface area contributed by atoms with Gasteiger partial charge >= 0.3 is 6.09 Å². The van der Waals surface area contributed by atoms with E-state index in [9.17, 15) is 9.59 Å². The molecule has 0 aromatic heterocycles. The van der Waals surface area contributed by atoms with Crippen molar-refractivity contribution in [2.75, 3.05) is 31.5 Å². The first kappa shape index (κ1) is 22.4. The van der Waals surface area contributed by atoms with Crippen LogP contribution in [-0.4, -0.2) is 32.8 Å². The van der Waals surface area contributed by atoms with Crippen LogP contribution in [0.3, 0.4) is 0 Å². The summed E-state index contributed by atoms with van der Waals surface area (Å²) in [7, 11) is 2.78. The van der Waals surface area contributed by atoms with Crippen LogP contribution >= 0.6 is 11.6 Å². The van der Waals surface area contributed by atoms with Gasteiger partial charge in [-0.25, -0.2) is 4.79 Å². The van der Waals surface area contributed by atoms with E-state index in [1.807, 2.05) is 0 Å². The van der Waals surface area contributed by atoms with Gasteiger partial charge in [-0.15, -0.1) is 0 Å². The molecule has 0 fully saturated rings. The van der Waals surface area contributed by atoms with Crippen LogP contribution in [0.2, 0.25) is 5.02 Å². The Morgan fingerprint density at radius 2 is 1.66 bits per heavy atom. The fourth-order valence-corrected chi connectivity index (χ4v) is 2.66. The Kier molecular flexibility index (Phi) is 8.15. The smallest absolute Gasteiger partial charge is 0.411 e. The van der Waals surface area contributed by atoms with Gasteiger partial charge in [-0.2, -0.15) is 0 Å². The molecular weight excluding hydrogens is 396 g/mol. The van der Waals surface area contributed by atoms with Crippen molar-refractivity contribution in [3.8, 4) is 11.5 Å². The van der Waals surface area contributed by atoms with E-state index in [4.69, 9.17) is 21.1 Å². The SMILES string of the molecule is COC(=O)Nc1ccc(NC(=O)c2cc(Cl)c(OCCC(C)C)c(OC)c2)cc1. The number of ether oxygens (including phenoxy) is 3. The summed E-state index contributed by atoms with van der Waals surface area (Å²) in [6.07, 6.45) is 0.307. The molecule has 29 heavy (non-hydrogen) atoms. The molecule has 0 aliphatic carbocycles. The van der Waals surface area contributed by atoms with Crippen molar-refractivity contribution in [3.05, 3.63) is 47.0 Å². The summed E-state index contributed by atoms with van der Waals surface area (Å²) in [5, 5.41) is 5.61. The number of amides is 2. The summed E-state index contributed by atoms with van der Waals surface area (Å²) >= 11 is 6.32. The molecule has 0 radical (unpaired) electrons. The van der Waals surface area contributed by atoms with Crippen LogP contribution in [0.1, 0.15) is 30.6 Å². The van der Waals surface area contributed by atoms with Gasteiger partial charge in [-0.05, 0) is 48.7 Å². The minimum atomic E-state index is -0.570. The topological polar surface area (TPSA) is 85.9 Å². The van der Waals surface area contributed by atoms with E-state index < -0.39 is 6.09 Å². The highest BCUT2D eigenvalue weighted by Gasteiger charge is 2.16. The molecule has 7 nitrogen and oxygen atoms in total. The Bertz CT molecular complexity index is 853. The molecule has 156 valence electrons. The third-order valence-electron chi connectivity index (χ3n) is 4.01. The predicted octanol–water partition coefficient (Wildman–Crippen LogP) is 5.20. The zero-order valence-corrected chi connectivity index (χ0v) is 17.6. The van der Waals surface area contributed by atoms with Gasteiger partial charge in [0.05, 0.1) is 25.8 Å². The second-order valence-electron chi connectivity index (χ2n) is 6.67. The van der Waals surface area contributed by atoms with Crippen molar-refractivity contribution in [1.29, 1.82) is 0 Å². The van der Waals surface area contributed by atoms with Gasteiger partial charge in [0.25, 0.3) is 5.91 Å². The van der Waals surface area contributed by atoms with Crippen molar-refractivity contribution in [2.45, 2.75) is 20.3 Å². The van der Waals surface area contributed by atoms with E-state index in [2.05, 4.69) is 29.2 Å². The van der Waals surface area contributed by atoms with Gasteiger partial charge in [0.1, 0.15) is 0 Å². The maximum absolute atomic E-state index is 12.6. The third kappa shape index (κ3) is 6.57. The zero-order chi connectivity index (χ0) is 21.4. The molecule has 0 atom stereocenters. The van der Waals surface area contributed by atoms with Crippen molar-refractivity contribution < 1.29 is 23.8 Å². The molecule has 2 rings (SSSR count). The van der Waals surface area contributed by atoms with Gasteiger partial charge in [-0.3, -0.25) is 10.1 Å². The lowest BCUT2D eigenvalue weighted by Crippen LogP contribution is -2.13. The summed E-state index contributed by atoms with van der Waals surface area (Å²) in [6, 6.07) is 9.73. The summed E-state index contributed by atoms with van der Waals surface area (Å²) in [4.78, 5) is 23.8. The molecule has 0 unspecified atom stereocenters. The lowest BCUT2D eigenvalue weighted by Gasteiger charge is -2.15. The second kappa shape index (κ2) is 10.6. The molecule has 0 saturated carbocycles. The molecule has 0 aliphatic rings. The highest BCUT2D eigenvalue weighted by atomic mass is 35.5. The number of methoxy groups -OCH3 is 2. The fraction of sp³-hybridized carbons (Fsp3) is 0.333. The van der Waals surface area contributed by atoms with Crippen LogP contribution in [0, 0.1) is 5.92 Å². The van der Waals surface area contributed by atoms with Crippen LogP contribution in [0.15, 0.2) is 36.4 Å². The van der Waals surface area contributed by atoms with Gasteiger partial charge < -0.3 is 19.5 Å². The Labute approximate surface area is 175 Å². The summed E-state index contributed by atoms with van der Waals surface area (Å²) < 4.78 is 15.6. The van der Waals surface area contributed by atoms with Crippen LogP contribution < -0.4 is 20.1 Å². The largest absolute Gasteiger partial charge is 0.493 e. The minimum Gasteiger partial charge on any atom is -0.493 e. The number of hydrogen-bond acceptors (Lipinski definition) is 5. The minimum absolute atomic E-state index is 0.302. The lowest BCUT2D eigenvalue weighted by molar-refractivity contribution is 0.102. The lowest BCUT2D eigenvalue weighted by atomic mass is 10.1. The monoisotopic (exact) mass is 420 g/mol. The van der Waals surface area contributed by atoms with Crippen molar-refractivity contribution in [1.82, 2.24) is 0 Å². The molecule has 0 heterocycles. The molecule has 2 N–H and O–H groups in total. The van der Waals surface area contributed by atoms with Crippen molar-refractivity contribution in [2.24, 2.45) is 5.92 Å². The molecule has 0 aliphatic heterocycles. The molecule has 2 aromatic rings. The van der Waals surface area contributed by atoms with Gasteiger partial charge in [0, 0.05) is 16.9 Å². The molecule has 0 saturated heterocycles. The Hall–Kier alpha value is -2.93. The summed E-state index contributed by atoms with van der Waals surface area (Å²) in [5.41, 5.74) is 1.43. The molecule has 2 amide bonds. The molecule has 0 bridgehead atoms. The first-order valence-electron chi connectivity index (χ1n) is 9.10. The molecular formula is C21H25ClN2O5. The highest BCUT2D eigenvalue weighted by molar-refractivity contribution is 6.32. The number of carbonyl (C=O) groups excluding carboxylic acids is 2. The molecule has 2 aromatic carbocycles. The average molecular weight is 421 g/mol. The van der Waals surface area contributed by atoms with Crippen LogP contribution in [0.25, 0.3) is 0 Å². The van der Waals surface area contributed by atoms with Crippen LogP contribution in [-0.2, 0) is 4.74 Å². The number of nitrogens with one attached hydrogen (secondary N) is 2. The highest BCUT2D eigenvalue weighted by Crippen LogP contribution is 2.37. The molecule has 0 spiro atoms. The third-order valence-corrected chi connectivity index (χ3v) is 4.29. The van der Waals surface area contributed by atoms with E-state index in [0.29, 0.717) is 46.0 Å². The maximum Gasteiger partial charge on any atom is 0.411 e. The normalized spacial score (nSPS) is 10.4. The van der Waals surface area contributed by atoms with Gasteiger partial charge in [-0.1, -0.05) is 25.4 Å². The Morgan fingerprint density at radius 3 is 2.21 bits per heavy atom. The van der Waals surface area contributed by atoms with Crippen molar-refractivity contribution >= 4 is 35.0 Å². The summed E-state index contributed by atoms with van der Waals surface area (Å²) in [6.45, 7) is 4.71. The van der Waals surface area contributed by atoms with Crippen molar-refractivity contribution in [3.63, 3.8) is 0 Å². The number of anilines is 2. The number of halogens is 1. The Morgan fingerprint density at radius 1 is 1.03 bits per heavy atom. The predicted molar refractivity (Wildman–Crippen MR) is 113 cm³/mol.